The molecule has 0 saturated heterocycles. The number of nitrogens with one attached hydrogen (secondary N) is 1. The van der Waals surface area contributed by atoms with Crippen LogP contribution in [-0.2, 0) is 4.79 Å². The number of nitro groups is 1. The second kappa shape index (κ2) is 6.53. The molecule has 0 aromatic heterocycles. The summed E-state index contributed by atoms with van der Waals surface area (Å²) in [6, 6.07) is 10.9. The minimum absolute atomic E-state index is 0.0414. The highest BCUT2D eigenvalue weighted by Crippen LogP contribution is 2.25. The number of nitro benzene ring substituents is 1. The molecule has 2 aromatic rings. The Hall–Kier alpha value is -3.15. The highest BCUT2D eigenvalue weighted by molar-refractivity contribution is 6.02. The summed E-state index contributed by atoms with van der Waals surface area (Å²) >= 11 is 0. The lowest BCUT2D eigenvalue weighted by Crippen LogP contribution is -2.09. The third-order valence-electron chi connectivity index (χ3n) is 3.08. The lowest BCUT2D eigenvalue weighted by atomic mass is 10.1. The molecule has 6 nitrogen and oxygen atoms in total. The van der Waals surface area contributed by atoms with Gasteiger partial charge in [0.15, 0.2) is 0 Å². The SMILES string of the molecule is Cc1c(NC(=O)/C=C/c2ccc(O)cc2)cccc1[N+](=O)[O-]. The van der Waals surface area contributed by atoms with Gasteiger partial charge in [0.1, 0.15) is 5.75 Å². The largest absolute Gasteiger partial charge is 0.508 e. The van der Waals surface area contributed by atoms with Gasteiger partial charge in [0.25, 0.3) is 5.69 Å². The van der Waals surface area contributed by atoms with Crippen molar-refractivity contribution in [3.8, 4) is 5.75 Å². The number of amides is 1. The van der Waals surface area contributed by atoms with Crippen LogP contribution in [0.3, 0.4) is 0 Å². The van der Waals surface area contributed by atoms with Crippen LogP contribution in [0.5, 0.6) is 5.75 Å². The van der Waals surface area contributed by atoms with Gasteiger partial charge < -0.3 is 10.4 Å². The van der Waals surface area contributed by atoms with Crippen LogP contribution in [0, 0.1) is 17.0 Å². The molecule has 22 heavy (non-hydrogen) atoms. The van der Waals surface area contributed by atoms with Crippen molar-refractivity contribution in [2.24, 2.45) is 0 Å². The molecule has 2 rings (SSSR count). The highest BCUT2D eigenvalue weighted by atomic mass is 16.6. The Morgan fingerprint density at radius 1 is 1.23 bits per heavy atom. The number of aromatic hydroxyl groups is 1. The number of hydrogen-bond donors (Lipinski definition) is 2. The number of carbonyl (C=O) groups is 1. The van der Waals surface area contributed by atoms with Crippen molar-refractivity contribution in [1.82, 2.24) is 0 Å². The number of phenols is 1. The number of phenolic OH excluding ortho intramolecular Hbond substituents is 1. The van der Waals surface area contributed by atoms with Crippen LogP contribution in [0.4, 0.5) is 11.4 Å². The van der Waals surface area contributed by atoms with E-state index in [1.807, 2.05) is 0 Å². The van der Waals surface area contributed by atoms with Gasteiger partial charge in [-0.3, -0.25) is 14.9 Å². The number of benzene rings is 2. The fourth-order valence-electron chi connectivity index (χ4n) is 1.89. The predicted molar refractivity (Wildman–Crippen MR) is 83.6 cm³/mol. The second-order valence-electron chi connectivity index (χ2n) is 4.62. The summed E-state index contributed by atoms with van der Waals surface area (Å²) in [5.74, 6) is -0.245. The van der Waals surface area contributed by atoms with Crippen LogP contribution in [-0.4, -0.2) is 15.9 Å². The van der Waals surface area contributed by atoms with Gasteiger partial charge in [-0.15, -0.1) is 0 Å². The van der Waals surface area contributed by atoms with Gasteiger partial charge in [-0.2, -0.15) is 0 Å². The first-order valence-electron chi connectivity index (χ1n) is 6.49. The third-order valence-corrected chi connectivity index (χ3v) is 3.08. The Balaban J connectivity index is 2.11. The Bertz CT molecular complexity index is 736. The Kier molecular flexibility index (Phi) is 4.53. The molecule has 2 N–H and O–H groups in total. The number of rotatable bonds is 4. The topological polar surface area (TPSA) is 92.5 Å². The average Bonchev–Trinajstić information content (AvgIpc) is 2.48. The van der Waals surface area contributed by atoms with Crippen molar-refractivity contribution in [2.45, 2.75) is 6.92 Å². The summed E-state index contributed by atoms with van der Waals surface area (Å²) < 4.78 is 0. The average molecular weight is 298 g/mol. The predicted octanol–water partition coefficient (Wildman–Crippen LogP) is 3.26. The molecule has 0 spiro atoms. The first-order chi connectivity index (χ1) is 10.5. The van der Waals surface area contributed by atoms with Crippen LogP contribution >= 0.6 is 0 Å². The molecular formula is C16H14N2O4. The van der Waals surface area contributed by atoms with Crippen molar-refractivity contribution >= 4 is 23.4 Å². The van der Waals surface area contributed by atoms with Crippen molar-refractivity contribution in [3.63, 3.8) is 0 Å². The third kappa shape index (κ3) is 3.69. The van der Waals surface area contributed by atoms with E-state index in [1.54, 1.807) is 31.2 Å². The van der Waals surface area contributed by atoms with Gasteiger partial charge in [0.2, 0.25) is 5.91 Å². The molecule has 0 saturated carbocycles. The van der Waals surface area contributed by atoms with Crippen LogP contribution in [0.1, 0.15) is 11.1 Å². The van der Waals surface area contributed by atoms with Crippen molar-refractivity contribution in [2.75, 3.05) is 5.32 Å². The molecule has 0 unspecified atom stereocenters. The maximum Gasteiger partial charge on any atom is 0.274 e. The summed E-state index contributed by atoms with van der Waals surface area (Å²) in [6.07, 6.45) is 2.91. The first-order valence-corrected chi connectivity index (χ1v) is 6.49. The van der Waals surface area contributed by atoms with E-state index in [-0.39, 0.29) is 11.4 Å². The van der Waals surface area contributed by atoms with Gasteiger partial charge in [-0.25, -0.2) is 0 Å². The van der Waals surface area contributed by atoms with Gasteiger partial charge in [-0.1, -0.05) is 18.2 Å². The van der Waals surface area contributed by atoms with E-state index in [2.05, 4.69) is 5.32 Å². The molecule has 6 heteroatoms. The molecule has 112 valence electrons. The normalized spacial score (nSPS) is 10.6. The lowest BCUT2D eigenvalue weighted by Gasteiger charge is -2.06. The molecule has 0 radical (unpaired) electrons. The van der Waals surface area contributed by atoms with E-state index < -0.39 is 10.8 Å². The van der Waals surface area contributed by atoms with E-state index in [1.165, 1.54) is 30.3 Å². The van der Waals surface area contributed by atoms with E-state index in [0.717, 1.165) is 5.56 Å². The maximum absolute atomic E-state index is 11.9. The molecule has 0 heterocycles. The molecule has 0 aliphatic carbocycles. The summed E-state index contributed by atoms with van der Waals surface area (Å²) in [5.41, 5.74) is 1.51. The first kappa shape index (κ1) is 15.2. The molecule has 0 aliphatic rings. The Morgan fingerprint density at radius 2 is 1.91 bits per heavy atom. The van der Waals surface area contributed by atoms with Crippen LogP contribution in [0.15, 0.2) is 48.5 Å². The fraction of sp³-hybridized carbons (Fsp3) is 0.0625. The van der Waals surface area contributed by atoms with E-state index in [9.17, 15) is 20.0 Å². The van der Waals surface area contributed by atoms with Crippen molar-refractivity contribution in [1.29, 1.82) is 0 Å². The van der Waals surface area contributed by atoms with Gasteiger partial charge in [0.05, 0.1) is 16.2 Å². The monoisotopic (exact) mass is 298 g/mol. The molecule has 0 bridgehead atoms. The second-order valence-corrected chi connectivity index (χ2v) is 4.62. The number of hydrogen-bond acceptors (Lipinski definition) is 4. The quantitative estimate of drug-likeness (QED) is 0.514. The van der Waals surface area contributed by atoms with Gasteiger partial charge in [0, 0.05) is 12.1 Å². The van der Waals surface area contributed by atoms with Crippen LogP contribution in [0.2, 0.25) is 0 Å². The highest BCUT2D eigenvalue weighted by Gasteiger charge is 2.13. The van der Waals surface area contributed by atoms with Crippen molar-refractivity contribution < 1.29 is 14.8 Å². The maximum atomic E-state index is 11.9. The van der Waals surface area contributed by atoms with E-state index >= 15 is 0 Å². The Morgan fingerprint density at radius 3 is 2.55 bits per heavy atom. The van der Waals surface area contributed by atoms with Crippen LogP contribution in [0.25, 0.3) is 6.08 Å². The standard InChI is InChI=1S/C16H14N2O4/c1-11-14(3-2-4-15(11)18(21)22)17-16(20)10-7-12-5-8-13(19)9-6-12/h2-10,19H,1H3,(H,17,20)/b10-7+. The molecule has 0 aliphatic heterocycles. The molecular weight excluding hydrogens is 284 g/mol. The van der Waals surface area contributed by atoms with Gasteiger partial charge >= 0.3 is 0 Å². The molecule has 1 amide bonds. The zero-order valence-corrected chi connectivity index (χ0v) is 11.8. The molecule has 0 atom stereocenters. The Labute approximate surface area is 126 Å². The number of carbonyl (C=O) groups excluding carboxylic acids is 1. The molecule has 2 aromatic carbocycles. The summed E-state index contributed by atoms with van der Waals surface area (Å²) in [7, 11) is 0. The minimum atomic E-state index is -0.489. The van der Waals surface area contributed by atoms with Gasteiger partial charge in [-0.05, 0) is 36.8 Å². The fourth-order valence-corrected chi connectivity index (χ4v) is 1.89. The van der Waals surface area contributed by atoms with E-state index in [4.69, 9.17) is 0 Å². The number of anilines is 1. The summed E-state index contributed by atoms with van der Waals surface area (Å²) in [6.45, 7) is 1.58. The summed E-state index contributed by atoms with van der Waals surface area (Å²) in [5, 5.41) is 22.6. The van der Waals surface area contributed by atoms with Crippen LogP contribution < -0.4 is 5.32 Å². The zero-order valence-electron chi connectivity index (χ0n) is 11.8. The lowest BCUT2D eigenvalue weighted by molar-refractivity contribution is -0.385. The van der Waals surface area contributed by atoms with E-state index in [0.29, 0.717) is 11.3 Å². The van der Waals surface area contributed by atoms with Crippen molar-refractivity contribution in [3.05, 3.63) is 69.8 Å². The smallest absolute Gasteiger partial charge is 0.274 e. The minimum Gasteiger partial charge on any atom is -0.508 e. The molecule has 0 fully saturated rings. The zero-order chi connectivity index (χ0) is 16.1. The summed E-state index contributed by atoms with van der Waals surface area (Å²) in [4.78, 5) is 22.2. The number of nitrogens with zero attached hydrogens (tertiary/aromatic N) is 1.